The predicted octanol–water partition coefficient (Wildman–Crippen LogP) is 7.33. The van der Waals surface area contributed by atoms with Crippen molar-refractivity contribution in [2.45, 2.75) is 38.5 Å². The molecule has 0 saturated carbocycles. The lowest BCUT2D eigenvalue weighted by molar-refractivity contribution is 0.520. The minimum Gasteiger partial charge on any atom is -0.252 e. The number of pyridine rings is 2. The number of halogens is 4. The average molecular weight is 462 g/mol. The van der Waals surface area contributed by atoms with Crippen LogP contribution in [0, 0.1) is 23.3 Å². The first-order valence-electron chi connectivity index (χ1n) is 10.9. The van der Waals surface area contributed by atoms with Crippen molar-refractivity contribution in [2.24, 2.45) is 0 Å². The highest BCUT2D eigenvalue weighted by Gasteiger charge is 2.33. The Hall–Kier alpha value is -3.54. The molecule has 5 rings (SSSR count). The zero-order valence-corrected chi connectivity index (χ0v) is 19.2. The SMILES string of the molecule is CC1(C)c2cccc(n2)-c2cc(c(F)cc2F)C(C)(C)c2cccc(n2)-c2cc1c(F)cc2F. The summed E-state index contributed by atoms with van der Waals surface area (Å²) < 4.78 is 60.1. The number of hydrogen-bond acceptors (Lipinski definition) is 2. The second-order valence-corrected chi connectivity index (χ2v) is 9.69. The molecule has 34 heavy (non-hydrogen) atoms. The quantitative estimate of drug-likeness (QED) is 0.256. The number of benzene rings is 2. The van der Waals surface area contributed by atoms with E-state index in [-0.39, 0.29) is 22.3 Å². The summed E-state index contributed by atoms with van der Waals surface area (Å²) in [6.45, 7) is 7.07. The smallest absolute Gasteiger partial charge is 0.135 e. The van der Waals surface area contributed by atoms with Crippen LogP contribution < -0.4 is 0 Å². The van der Waals surface area contributed by atoms with Crippen LogP contribution in [0.5, 0.6) is 0 Å². The van der Waals surface area contributed by atoms with E-state index in [1.54, 1.807) is 64.1 Å². The molecule has 0 saturated heterocycles. The molecule has 2 aromatic carbocycles. The Balaban J connectivity index is 1.93. The molecular weight excluding hydrogens is 440 g/mol. The van der Waals surface area contributed by atoms with Gasteiger partial charge in [-0.25, -0.2) is 17.6 Å². The molecule has 3 heterocycles. The average Bonchev–Trinajstić information content (AvgIpc) is 2.78. The predicted molar refractivity (Wildman–Crippen MR) is 123 cm³/mol. The lowest BCUT2D eigenvalue weighted by Gasteiger charge is -2.29. The van der Waals surface area contributed by atoms with E-state index in [9.17, 15) is 8.78 Å². The van der Waals surface area contributed by atoms with Gasteiger partial charge >= 0.3 is 0 Å². The van der Waals surface area contributed by atoms with Crippen LogP contribution in [-0.4, -0.2) is 9.97 Å². The Morgan fingerprint density at radius 3 is 1.29 bits per heavy atom. The van der Waals surface area contributed by atoms with Gasteiger partial charge in [-0.1, -0.05) is 39.8 Å². The third-order valence-corrected chi connectivity index (χ3v) is 6.79. The summed E-state index contributed by atoms with van der Waals surface area (Å²) in [6.07, 6.45) is 0. The van der Waals surface area contributed by atoms with Crippen LogP contribution >= 0.6 is 0 Å². The summed E-state index contributed by atoms with van der Waals surface area (Å²) in [5, 5.41) is 0. The number of aromatic nitrogens is 2. The van der Waals surface area contributed by atoms with Crippen molar-refractivity contribution in [3.05, 3.63) is 106 Å². The zero-order chi connectivity index (χ0) is 24.4. The highest BCUT2D eigenvalue weighted by molar-refractivity contribution is 5.65. The molecule has 0 aliphatic carbocycles. The molecule has 6 heteroatoms. The monoisotopic (exact) mass is 462 g/mol. The summed E-state index contributed by atoms with van der Waals surface area (Å²) in [5.41, 5.74) is 0.282. The molecule has 0 N–H and O–H groups in total. The number of rotatable bonds is 0. The van der Waals surface area contributed by atoms with Crippen molar-refractivity contribution < 1.29 is 17.6 Å². The number of hydrogen-bond donors (Lipinski definition) is 0. The first-order chi connectivity index (χ1) is 16.0. The maximum Gasteiger partial charge on any atom is 0.135 e. The molecular formula is C28H22F4N2. The molecule has 1 aliphatic heterocycles. The Morgan fingerprint density at radius 1 is 0.529 bits per heavy atom. The van der Waals surface area contributed by atoms with Gasteiger partial charge in [0.05, 0.1) is 22.8 Å². The lowest BCUT2D eigenvalue weighted by Crippen LogP contribution is -2.24. The van der Waals surface area contributed by atoms with Gasteiger partial charge in [0.1, 0.15) is 23.3 Å². The molecule has 0 atom stereocenters. The summed E-state index contributed by atoms with van der Waals surface area (Å²) in [4.78, 5) is 9.26. The fourth-order valence-corrected chi connectivity index (χ4v) is 4.59. The second-order valence-electron chi connectivity index (χ2n) is 9.69. The molecule has 0 radical (unpaired) electrons. The molecule has 0 unspecified atom stereocenters. The van der Waals surface area contributed by atoms with Crippen molar-refractivity contribution in [3.63, 3.8) is 0 Å². The maximum absolute atomic E-state index is 15.1. The third kappa shape index (κ3) is 3.31. The standard InChI is InChI=1S/C28H22F4N2/c1-27(2)17-11-15(19(29)13-21(17)31)24-8-6-10-26(34-24)28(3,4)18-12-16(20(30)14-22(18)32)23-7-5-9-25(27)33-23/h5-14H,1-4H3. The number of nitrogens with zero attached hydrogens (tertiary/aromatic N) is 2. The summed E-state index contributed by atoms with van der Waals surface area (Å²) in [6, 6.07) is 14.7. The Morgan fingerprint density at radius 2 is 0.912 bits per heavy atom. The minimum atomic E-state index is -0.983. The van der Waals surface area contributed by atoms with Crippen LogP contribution in [0.1, 0.15) is 50.2 Å². The van der Waals surface area contributed by atoms with Gasteiger partial charge in [-0.2, -0.15) is 0 Å². The van der Waals surface area contributed by atoms with Gasteiger partial charge in [0.2, 0.25) is 0 Å². The zero-order valence-electron chi connectivity index (χ0n) is 19.2. The maximum atomic E-state index is 15.1. The topological polar surface area (TPSA) is 25.8 Å². The van der Waals surface area contributed by atoms with Gasteiger partial charge in [0.15, 0.2) is 0 Å². The van der Waals surface area contributed by atoms with Crippen molar-refractivity contribution in [3.8, 4) is 22.5 Å². The van der Waals surface area contributed by atoms with Crippen LogP contribution in [0.2, 0.25) is 0 Å². The summed E-state index contributed by atoms with van der Waals surface area (Å²) in [7, 11) is 0. The van der Waals surface area contributed by atoms with Gasteiger partial charge in [0.25, 0.3) is 0 Å². The largest absolute Gasteiger partial charge is 0.252 e. The van der Waals surface area contributed by atoms with Gasteiger partial charge < -0.3 is 0 Å². The van der Waals surface area contributed by atoms with E-state index >= 15 is 8.78 Å². The van der Waals surface area contributed by atoms with Gasteiger partial charge in [0, 0.05) is 45.2 Å². The van der Waals surface area contributed by atoms with Gasteiger partial charge in [-0.15, -0.1) is 0 Å². The minimum absolute atomic E-state index is 0.135. The fraction of sp³-hybridized carbons (Fsp3) is 0.214. The lowest BCUT2D eigenvalue weighted by atomic mass is 9.78. The van der Waals surface area contributed by atoms with Gasteiger partial charge in [-0.3, -0.25) is 9.97 Å². The van der Waals surface area contributed by atoms with Crippen LogP contribution in [-0.2, 0) is 10.8 Å². The van der Waals surface area contributed by atoms with Crippen molar-refractivity contribution >= 4 is 0 Å². The Kier molecular flexibility index (Phi) is 4.90. The van der Waals surface area contributed by atoms with Crippen molar-refractivity contribution in [2.75, 3.05) is 0 Å². The highest BCUT2D eigenvalue weighted by Crippen LogP contribution is 2.40. The molecule has 172 valence electrons. The first kappa shape index (κ1) is 22.3. The summed E-state index contributed by atoms with van der Waals surface area (Å²) in [5.74, 6) is -2.92. The first-order valence-corrected chi connectivity index (χ1v) is 10.9. The van der Waals surface area contributed by atoms with E-state index in [4.69, 9.17) is 0 Å². The highest BCUT2D eigenvalue weighted by atomic mass is 19.1. The fourth-order valence-electron chi connectivity index (χ4n) is 4.59. The molecule has 0 amide bonds. The summed E-state index contributed by atoms with van der Waals surface area (Å²) >= 11 is 0. The van der Waals surface area contributed by atoms with E-state index in [2.05, 4.69) is 9.97 Å². The Labute approximate surface area is 195 Å². The van der Waals surface area contributed by atoms with E-state index in [1.165, 1.54) is 12.1 Å². The molecule has 0 fully saturated rings. The van der Waals surface area contributed by atoms with E-state index < -0.39 is 34.1 Å². The molecule has 0 spiro atoms. The molecule has 2 nitrogen and oxygen atoms in total. The Bertz CT molecular complexity index is 1350. The molecule has 4 aromatic rings. The molecule has 1 aliphatic rings. The van der Waals surface area contributed by atoms with Crippen LogP contribution in [0.3, 0.4) is 0 Å². The van der Waals surface area contributed by atoms with Gasteiger partial charge in [-0.05, 0) is 36.4 Å². The van der Waals surface area contributed by atoms with Crippen LogP contribution in [0.4, 0.5) is 17.6 Å². The van der Waals surface area contributed by atoms with E-state index in [0.29, 0.717) is 22.8 Å². The van der Waals surface area contributed by atoms with Crippen molar-refractivity contribution in [1.82, 2.24) is 9.97 Å². The molecule has 2 aromatic heterocycles. The molecule has 8 bridgehead atoms. The second kappa shape index (κ2) is 7.49. The van der Waals surface area contributed by atoms with Crippen molar-refractivity contribution in [1.29, 1.82) is 0 Å². The number of fused-ring (bicyclic) bond motifs is 10. The van der Waals surface area contributed by atoms with E-state index in [0.717, 1.165) is 12.1 Å². The van der Waals surface area contributed by atoms with E-state index in [1.807, 2.05) is 0 Å². The van der Waals surface area contributed by atoms with Crippen LogP contribution in [0.25, 0.3) is 22.5 Å². The third-order valence-electron chi connectivity index (χ3n) is 6.79. The van der Waals surface area contributed by atoms with Crippen LogP contribution in [0.15, 0.2) is 60.7 Å². The normalized spacial score (nSPS) is 15.5.